The summed E-state index contributed by atoms with van der Waals surface area (Å²) in [7, 11) is 0. The highest BCUT2D eigenvalue weighted by Crippen LogP contribution is 2.12. The summed E-state index contributed by atoms with van der Waals surface area (Å²) in [6, 6.07) is 8.43. The third kappa shape index (κ3) is 4.59. The molecule has 0 atom stereocenters. The van der Waals surface area contributed by atoms with Gasteiger partial charge in [0.2, 0.25) is 0 Å². The molecule has 144 valence electrons. The van der Waals surface area contributed by atoms with Crippen LogP contribution in [0.5, 0.6) is 0 Å². The van der Waals surface area contributed by atoms with E-state index in [2.05, 4.69) is 25.6 Å². The van der Waals surface area contributed by atoms with Gasteiger partial charge in [0, 0.05) is 42.7 Å². The summed E-state index contributed by atoms with van der Waals surface area (Å²) in [5.41, 5.74) is 1.10. The first-order chi connectivity index (χ1) is 13.4. The average molecular weight is 378 g/mol. The van der Waals surface area contributed by atoms with Gasteiger partial charge in [-0.3, -0.25) is 14.2 Å². The molecule has 2 aromatic heterocycles. The Labute approximate surface area is 163 Å². The summed E-state index contributed by atoms with van der Waals surface area (Å²) >= 11 is 0. The minimum atomic E-state index is -0.189. The van der Waals surface area contributed by atoms with E-state index >= 15 is 0 Å². The molecule has 1 aromatic carbocycles. The number of rotatable bonds is 7. The number of aryl methyl sites for hydroxylation is 2. The number of hydrogen-bond acceptors (Lipinski definition) is 6. The molecular weight excluding hydrogens is 356 g/mol. The Morgan fingerprint density at radius 3 is 2.39 bits per heavy atom. The van der Waals surface area contributed by atoms with E-state index in [4.69, 9.17) is 0 Å². The summed E-state index contributed by atoms with van der Waals surface area (Å²) in [6.45, 7) is 6.16. The molecule has 0 spiro atoms. The van der Waals surface area contributed by atoms with Crippen molar-refractivity contribution >= 4 is 17.5 Å². The number of hydrogen-bond donors (Lipinski definition) is 2. The van der Waals surface area contributed by atoms with E-state index in [-0.39, 0.29) is 11.7 Å². The SMILES string of the molecule is CC(=O)c1ccc(C(=O)NCCNc2cc(-n3ccnc3C)nc(C)n2)cc1. The molecule has 3 rings (SSSR count). The van der Waals surface area contributed by atoms with E-state index in [0.29, 0.717) is 35.9 Å². The van der Waals surface area contributed by atoms with Crippen LogP contribution in [0.3, 0.4) is 0 Å². The average Bonchev–Trinajstić information content (AvgIpc) is 3.10. The quantitative estimate of drug-likeness (QED) is 0.483. The molecule has 0 fully saturated rings. The predicted octanol–water partition coefficient (Wildman–Crippen LogP) is 2.32. The van der Waals surface area contributed by atoms with Crippen molar-refractivity contribution in [1.29, 1.82) is 0 Å². The topological polar surface area (TPSA) is 102 Å². The van der Waals surface area contributed by atoms with Crippen LogP contribution in [0.1, 0.15) is 39.3 Å². The van der Waals surface area contributed by atoms with Gasteiger partial charge in [-0.15, -0.1) is 0 Å². The van der Waals surface area contributed by atoms with Crippen LogP contribution in [0.2, 0.25) is 0 Å². The van der Waals surface area contributed by atoms with E-state index in [1.54, 1.807) is 30.5 Å². The zero-order valence-corrected chi connectivity index (χ0v) is 16.1. The van der Waals surface area contributed by atoms with Crippen LogP contribution in [0.25, 0.3) is 5.82 Å². The standard InChI is InChI=1S/C20H22N6O2/c1-13(27)16-4-6-17(7-5-16)20(28)23-9-8-22-18-12-19(25-14(2)24-18)26-11-10-21-15(26)3/h4-7,10-12H,8-9H2,1-3H3,(H,23,28)(H,22,24,25). The Hall–Kier alpha value is -3.55. The maximum absolute atomic E-state index is 12.2. The molecule has 0 bridgehead atoms. The van der Waals surface area contributed by atoms with Crippen molar-refractivity contribution in [3.8, 4) is 5.82 Å². The molecule has 0 unspecified atom stereocenters. The number of anilines is 1. The first kappa shape index (κ1) is 19.2. The zero-order valence-electron chi connectivity index (χ0n) is 16.1. The Bertz CT molecular complexity index is 994. The molecule has 0 aliphatic carbocycles. The van der Waals surface area contributed by atoms with Gasteiger partial charge in [-0.05, 0) is 32.9 Å². The molecule has 8 nitrogen and oxygen atoms in total. The van der Waals surface area contributed by atoms with Crippen LogP contribution in [0, 0.1) is 13.8 Å². The predicted molar refractivity (Wildman–Crippen MR) is 106 cm³/mol. The second kappa shape index (κ2) is 8.43. The molecule has 2 heterocycles. The van der Waals surface area contributed by atoms with Crippen molar-refractivity contribution in [2.45, 2.75) is 20.8 Å². The first-order valence-corrected chi connectivity index (χ1v) is 8.93. The molecule has 0 saturated heterocycles. The molecule has 2 N–H and O–H groups in total. The largest absolute Gasteiger partial charge is 0.368 e. The van der Waals surface area contributed by atoms with Crippen molar-refractivity contribution in [3.05, 3.63) is 65.5 Å². The Morgan fingerprint density at radius 1 is 1.04 bits per heavy atom. The van der Waals surface area contributed by atoms with Crippen LogP contribution in [-0.2, 0) is 0 Å². The van der Waals surface area contributed by atoms with Crippen molar-refractivity contribution in [2.75, 3.05) is 18.4 Å². The second-order valence-corrected chi connectivity index (χ2v) is 6.32. The van der Waals surface area contributed by atoms with E-state index in [1.165, 1.54) is 6.92 Å². The number of ketones is 1. The fourth-order valence-electron chi connectivity index (χ4n) is 2.71. The van der Waals surface area contributed by atoms with Crippen LogP contribution in [0.4, 0.5) is 5.82 Å². The van der Waals surface area contributed by atoms with Gasteiger partial charge in [-0.1, -0.05) is 12.1 Å². The first-order valence-electron chi connectivity index (χ1n) is 8.93. The summed E-state index contributed by atoms with van der Waals surface area (Å²) < 4.78 is 1.88. The Kier molecular flexibility index (Phi) is 5.78. The van der Waals surface area contributed by atoms with E-state index in [9.17, 15) is 9.59 Å². The molecule has 0 aliphatic rings. The van der Waals surface area contributed by atoms with Gasteiger partial charge in [0.05, 0.1) is 0 Å². The highest BCUT2D eigenvalue weighted by molar-refractivity contribution is 5.97. The van der Waals surface area contributed by atoms with Gasteiger partial charge in [-0.25, -0.2) is 15.0 Å². The van der Waals surface area contributed by atoms with Gasteiger partial charge in [-0.2, -0.15) is 0 Å². The summed E-state index contributed by atoms with van der Waals surface area (Å²) in [5.74, 6) is 2.68. The van der Waals surface area contributed by atoms with Gasteiger partial charge in [0.1, 0.15) is 23.3 Å². The fourth-order valence-corrected chi connectivity index (χ4v) is 2.71. The summed E-state index contributed by atoms with van der Waals surface area (Å²) in [4.78, 5) is 36.5. The minimum absolute atomic E-state index is 0.0263. The maximum atomic E-state index is 12.2. The number of Topliss-reactive ketones (excluding diaryl/α,β-unsaturated/α-hetero) is 1. The maximum Gasteiger partial charge on any atom is 0.251 e. The normalized spacial score (nSPS) is 10.5. The van der Waals surface area contributed by atoms with Crippen LogP contribution >= 0.6 is 0 Å². The lowest BCUT2D eigenvalue weighted by Crippen LogP contribution is -2.29. The van der Waals surface area contributed by atoms with Crippen molar-refractivity contribution < 1.29 is 9.59 Å². The molecule has 0 radical (unpaired) electrons. The summed E-state index contributed by atoms with van der Waals surface area (Å²) in [6.07, 6.45) is 3.57. The lowest BCUT2D eigenvalue weighted by Gasteiger charge is -2.11. The molecular formula is C20H22N6O2. The van der Waals surface area contributed by atoms with Gasteiger partial charge in [0.15, 0.2) is 5.78 Å². The third-order valence-corrected chi connectivity index (χ3v) is 4.17. The molecule has 0 saturated carbocycles. The van der Waals surface area contributed by atoms with Gasteiger partial charge in [0.25, 0.3) is 5.91 Å². The number of benzene rings is 1. The van der Waals surface area contributed by atoms with Gasteiger partial charge < -0.3 is 10.6 Å². The number of imidazole rings is 1. The van der Waals surface area contributed by atoms with E-state index < -0.39 is 0 Å². The highest BCUT2D eigenvalue weighted by atomic mass is 16.1. The molecule has 0 aliphatic heterocycles. The van der Waals surface area contributed by atoms with Crippen LogP contribution in [-0.4, -0.2) is 44.3 Å². The van der Waals surface area contributed by atoms with E-state index in [1.807, 2.05) is 30.7 Å². The molecule has 1 amide bonds. The number of amides is 1. The minimum Gasteiger partial charge on any atom is -0.368 e. The Balaban J connectivity index is 1.55. The highest BCUT2D eigenvalue weighted by Gasteiger charge is 2.08. The van der Waals surface area contributed by atoms with E-state index in [0.717, 1.165) is 11.6 Å². The molecule has 8 heteroatoms. The number of nitrogens with one attached hydrogen (secondary N) is 2. The summed E-state index contributed by atoms with van der Waals surface area (Å²) in [5, 5.41) is 6.03. The van der Waals surface area contributed by atoms with Crippen LogP contribution < -0.4 is 10.6 Å². The van der Waals surface area contributed by atoms with Crippen molar-refractivity contribution in [3.63, 3.8) is 0 Å². The van der Waals surface area contributed by atoms with Crippen molar-refractivity contribution in [1.82, 2.24) is 24.8 Å². The number of nitrogens with zero attached hydrogens (tertiary/aromatic N) is 4. The molecule has 3 aromatic rings. The Morgan fingerprint density at radius 2 is 1.75 bits per heavy atom. The lowest BCUT2D eigenvalue weighted by atomic mass is 10.1. The monoisotopic (exact) mass is 378 g/mol. The number of carbonyl (C=O) groups excluding carboxylic acids is 2. The molecule has 28 heavy (non-hydrogen) atoms. The fraction of sp³-hybridized carbons (Fsp3) is 0.250. The third-order valence-electron chi connectivity index (χ3n) is 4.17. The van der Waals surface area contributed by atoms with Gasteiger partial charge >= 0.3 is 0 Å². The van der Waals surface area contributed by atoms with Crippen LogP contribution in [0.15, 0.2) is 42.7 Å². The smallest absolute Gasteiger partial charge is 0.251 e. The second-order valence-electron chi connectivity index (χ2n) is 6.32. The number of aromatic nitrogens is 4. The zero-order chi connectivity index (χ0) is 20.1. The number of carbonyl (C=O) groups is 2. The van der Waals surface area contributed by atoms with Crippen molar-refractivity contribution in [2.24, 2.45) is 0 Å². The lowest BCUT2D eigenvalue weighted by molar-refractivity contribution is 0.0953.